The number of carbonyl (C=O) groups is 1. The van der Waals surface area contributed by atoms with Gasteiger partial charge >= 0.3 is 6.09 Å². The molecule has 0 saturated carbocycles. The minimum absolute atomic E-state index is 0.117. The van der Waals surface area contributed by atoms with Crippen molar-refractivity contribution in [1.29, 1.82) is 0 Å². The first kappa shape index (κ1) is 21.5. The van der Waals surface area contributed by atoms with Gasteiger partial charge in [-0.1, -0.05) is 44.2 Å². The molecular weight excluding hydrogens is 414 g/mol. The van der Waals surface area contributed by atoms with E-state index in [1.807, 2.05) is 54.6 Å². The predicted molar refractivity (Wildman–Crippen MR) is 123 cm³/mol. The Balaban J connectivity index is 1.26. The molecule has 7 nitrogen and oxygen atoms in total. The van der Waals surface area contributed by atoms with Gasteiger partial charge in [-0.05, 0) is 48.0 Å². The van der Waals surface area contributed by atoms with E-state index in [4.69, 9.17) is 26.4 Å². The van der Waals surface area contributed by atoms with Crippen LogP contribution < -0.4 is 16.0 Å². The Morgan fingerprint density at radius 1 is 0.968 bits per heavy atom. The van der Waals surface area contributed by atoms with E-state index in [1.165, 1.54) is 5.56 Å². The summed E-state index contributed by atoms with van der Waals surface area (Å²) in [6, 6.07) is 17.3. The molecule has 2 saturated heterocycles. The lowest BCUT2D eigenvalue weighted by Crippen LogP contribution is -2.46. The van der Waals surface area contributed by atoms with E-state index in [-0.39, 0.29) is 24.9 Å². The van der Waals surface area contributed by atoms with Gasteiger partial charge in [0.1, 0.15) is 12.2 Å². The highest BCUT2D eigenvalue weighted by atomic mass is 32.1. The van der Waals surface area contributed by atoms with Crippen molar-refractivity contribution >= 4 is 34.8 Å². The fourth-order valence-electron chi connectivity index (χ4n) is 3.78. The van der Waals surface area contributed by atoms with Gasteiger partial charge in [-0.2, -0.15) is 0 Å². The summed E-state index contributed by atoms with van der Waals surface area (Å²) in [7, 11) is 0. The topological polar surface area (TPSA) is 80.9 Å². The highest BCUT2D eigenvalue weighted by molar-refractivity contribution is 7.80. The molecule has 2 aromatic rings. The third kappa shape index (κ3) is 5.33. The standard InChI is InChI=1S/C23H27N3O4S/c1-14(2)15-8-10-17(11-9-15)25-23(27)30-19-13-29-20-18(12-28-21(19)20)26-22(31)24-16-6-4-3-5-7-16/h3-11,14,18-21H,12-13H2,1-2H3,(H,25,27)(H2,24,26,31). The fraction of sp³-hybridized carbons (Fsp3) is 0.391. The number of anilines is 2. The van der Waals surface area contributed by atoms with Crippen molar-refractivity contribution in [2.24, 2.45) is 0 Å². The molecular formula is C23H27N3O4S. The van der Waals surface area contributed by atoms with Crippen molar-refractivity contribution in [2.75, 3.05) is 23.8 Å². The molecule has 0 aromatic heterocycles. The second-order valence-electron chi connectivity index (χ2n) is 8.01. The third-order valence-electron chi connectivity index (χ3n) is 5.44. The number of nitrogens with one attached hydrogen (secondary N) is 3. The van der Waals surface area contributed by atoms with Crippen LogP contribution in [0.4, 0.5) is 16.2 Å². The zero-order chi connectivity index (χ0) is 21.8. The highest BCUT2D eigenvalue weighted by Gasteiger charge is 2.49. The van der Waals surface area contributed by atoms with Crippen LogP contribution in [0.1, 0.15) is 25.3 Å². The van der Waals surface area contributed by atoms with Gasteiger partial charge in [-0.3, -0.25) is 5.32 Å². The molecule has 8 heteroatoms. The van der Waals surface area contributed by atoms with Crippen molar-refractivity contribution in [3.63, 3.8) is 0 Å². The first-order valence-corrected chi connectivity index (χ1v) is 10.8. The Morgan fingerprint density at radius 3 is 2.35 bits per heavy atom. The Hall–Kier alpha value is -2.68. The number of carbonyl (C=O) groups excluding carboxylic acids is 1. The van der Waals surface area contributed by atoms with Gasteiger partial charge in [0.25, 0.3) is 0 Å². The van der Waals surface area contributed by atoms with Gasteiger partial charge in [0.05, 0.1) is 19.3 Å². The molecule has 2 aliphatic rings. The lowest BCUT2D eigenvalue weighted by molar-refractivity contribution is 0.00880. The molecule has 164 valence electrons. The zero-order valence-electron chi connectivity index (χ0n) is 17.5. The lowest BCUT2D eigenvalue weighted by Gasteiger charge is -2.20. The van der Waals surface area contributed by atoms with Crippen LogP contribution in [-0.4, -0.2) is 48.8 Å². The van der Waals surface area contributed by atoms with Crippen molar-refractivity contribution in [1.82, 2.24) is 5.32 Å². The van der Waals surface area contributed by atoms with Crippen molar-refractivity contribution in [3.05, 3.63) is 60.2 Å². The molecule has 3 N–H and O–H groups in total. The van der Waals surface area contributed by atoms with Crippen molar-refractivity contribution in [3.8, 4) is 0 Å². The second kappa shape index (κ2) is 9.64. The molecule has 2 heterocycles. The number of amides is 1. The number of thiocarbonyl (C=S) groups is 1. The molecule has 2 aromatic carbocycles. The molecule has 0 spiro atoms. The molecule has 4 unspecified atom stereocenters. The zero-order valence-corrected chi connectivity index (χ0v) is 18.4. The molecule has 0 radical (unpaired) electrons. The van der Waals surface area contributed by atoms with Crippen LogP contribution in [0, 0.1) is 0 Å². The number of benzene rings is 2. The van der Waals surface area contributed by atoms with Gasteiger partial charge in [-0.25, -0.2) is 4.79 Å². The van der Waals surface area contributed by atoms with E-state index >= 15 is 0 Å². The smallest absolute Gasteiger partial charge is 0.412 e. The van der Waals surface area contributed by atoms with E-state index < -0.39 is 12.2 Å². The fourth-order valence-corrected chi connectivity index (χ4v) is 4.05. The van der Waals surface area contributed by atoms with Gasteiger partial charge in [0.2, 0.25) is 0 Å². The molecule has 1 amide bonds. The number of rotatable bonds is 5. The summed E-state index contributed by atoms with van der Waals surface area (Å²) in [5.74, 6) is 0.436. The van der Waals surface area contributed by atoms with E-state index in [9.17, 15) is 4.79 Å². The summed E-state index contributed by atoms with van der Waals surface area (Å²) in [6.45, 7) is 4.96. The van der Waals surface area contributed by atoms with Crippen LogP contribution in [-0.2, 0) is 14.2 Å². The van der Waals surface area contributed by atoms with E-state index in [2.05, 4.69) is 29.8 Å². The van der Waals surface area contributed by atoms with Crippen LogP contribution in [0.3, 0.4) is 0 Å². The van der Waals surface area contributed by atoms with Crippen molar-refractivity contribution in [2.45, 2.75) is 44.1 Å². The second-order valence-corrected chi connectivity index (χ2v) is 8.42. The number of ether oxygens (including phenoxy) is 3. The summed E-state index contributed by atoms with van der Waals surface area (Å²) in [5, 5.41) is 9.65. The predicted octanol–water partition coefficient (Wildman–Crippen LogP) is 3.88. The molecule has 31 heavy (non-hydrogen) atoms. The number of hydrogen-bond donors (Lipinski definition) is 3. The summed E-state index contributed by atoms with van der Waals surface area (Å²) in [5.41, 5.74) is 2.81. The Bertz CT molecular complexity index is 907. The monoisotopic (exact) mass is 441 g/mol. The molecule has 0 aliphatic carbocycles. The van der Waals surface area contributed by atoms with Crippen LogP contribution in [0.15, 0.2) is 54.6 Å². The number of fused-ring (bicyclic) bond motifs is 1. The minimum atomic E-state index is -0.521. The Kier molecular flexibility index (Phi) is 6.70. The van der Waals surface area contributed by atoms with Crippen LogP contribution in [0.5, 0.6) is 0 Å². The first-order chi connectivity index (χ1) is 15.0. The van der Waals surface area contributed by atoms with Crippen LogP contribution in [0.2, 0.25) is 0 Å². The highest BCUT2D eigenvalue weighted by Crippen LogP contribution is 2.29. The number of para-hydroxylation sites is 1. The average molecular weight is 442 g/mol. The lowest BCUT2D eigenvalue weighted by atomic mass is 10.0. The molecule has 0 bridgehead atoms. The first-order valence-electron chi connectivity index (χ1n) is 10.4. The summed E-state index contributed by atoms with van der Waals surface area (Å²) in [4.78, 5) is 12.3. The maximum absolute atomic E-state index is 12.3. The average Bonchev–Trinajstić information content (AvgIpc) is 3.32. The maximum atomic E-state index is 12.3. The summed E-state index contributed by atoms with van der Waals surface area (Å²) >= 11 is 5.40. The van der Waals surface area contributed by atoms with Gasteiger partial charge < -0.3 is 24.8 Å². The van der Waals surface area contributed by atoms with E-state index in [0.717, 1.165) is 5.69 Å². The van der Waals surface area contributed by atoms with Gasteiger partial charge in [-0.15, -0.1) is 0 Å². The SMILES string of the molecule is CC(C)c1ccc(NC(=O)OC2COC3C(NC(=S)Nc4ccccc4)COC23)cc1. The molecule has 2 fully saturated rings. The molecule has 2 aliphatic heterocycles. The normalized spacial score (nSPS) is 24.5. The molecule has 4 atom stereocenters. The third-order valence-corrected chi connectivity index (χ3v) is 5.66. The van der Waals surface area contributed by atoms with Gasteiger partial charge in [0, 0.05) is 11.4 Å². The minimum Gasteiger partial charge on any atom is -0.441 e. The quantitative estimate of drug-likeness (QED) is 0.608. The largest absolute Gasteiger partial charge is 0.441 e. The number of hydrogen-bond acceptors (Lipinski definition) is 5. The molecule has 4 rings (SSSR count). The van der Waals surface area contributed by atoms with Gasteiger partial charge in [0.15, 0.2) is 11.2 Å². The van der Waals surface area contributed by atoms with Crippen LogP contribution >= 0.6 is 12.2 Å². The Labute approximate surface area is 187 Å². The van der Waals surface area contributed by atoms with Crippen LogP contribution in [0.25, 0.3) is 0 Å². The Morgan fingerprint density at radius 2 is 1.65 bits per heavy atom. The van der Waals surface area contributed by atoms with E-state index in [0.29, 0.717) is 23.3 Å². The summed E-state index contributed by atoms with van der Waals surface area (Å²) in [6.07, 6.45) is -1.56. The maximum Gasteiger partial charge on any atom is 0.412 e. The summed E-state index contributed by atoms with van der Waals surface area (Å²) < 4.78 is 17.3. The van der Waals surface area contributed by atoms with E-state index in [1.54, 1.807) is 0 Å². The van der Waals surface area contributed by atoms with Crippen molar-refractivity contribution < 1.29 is 19.0 Å².